The Kier molecular flexibility index (Phi) is 3.36. The van der Waals surface area contributed by atoms with Gasteiger partial charge in [0.15, 0.2) is 5.41 Å². The molecule has 2 aliphatic heterocycles. The minimum Gasteiger partial charge on any atom is -0.325 e. The van der Waals surface area contributed by atoms with Gasteiger partial charge in [0.25, 0.3) is 0 Å². The highest BCUT2D eigenvalue weighted by Crippen LogP contribution is 2.46. The molecule has 1 N–H and O–H groups in total. The first-order valence-corrected chi connectivity index (χ1v) is 7.92. The van der Waals surface area contributed by atoms with Crippen LogP contribution in [0.1, 0.15) is 44.7 Å². The van der Waals surface area contributed by atoms with E-state index in [1.165, 1.54) is 4.90 Å². The van der Waals surface area contributed by atoms with Crippen LogP contribution in [0.15, 0.2) is 18.2 Å². The SMILES string of the molecule is Cc1ccc2c(c1)C1(CC(=O)N(CCC(C)(C)C)C1=O)C(=O)N2. The summed E-state index contributed by atoms with van der Waals surface area (Å²) in [6, 6.07) is 5.52. The van der Waals surface area contributed by atoms with Crippen LogP contribution in [0.5, 0.6) is 0 Å². The van der Waals surface area contributed by atoms with Crippen LogP contribution in [0.25, 0.3) is 0 Å². The molecule has 122 valence electrons. The summed E-state index contributed by atoms with van der Waals surface area (Å²) in [4.78, 5) is 39.2. The standard InChI is InChI=1S/C18H22N2O3/c1-11-5-6-13-12(9-11)18(15(22)19-13)10-14(21)20(16(18)23)8-7-17(2,3)4/h5-6,9H,7-8,10H2,1-4H3,(H,19,22). The lowest BCUT2D eigenvalue weighted by atomic mass is 9.79. The number of likely N-dealkylation sites (tertiary alicyclic amines) is 1. The number of amides is 3. The van der Waals surface area contributed by atoms with Crippen molar-refractivity contribution in [1.29, 1.82) is 0 Å². The van der Waals surface area contributed by atoms with Crippen LogP contribution in [0.2, 0.25) is 0 Å². The normalized spacial score (nSPS) is 23.7. The van der Waals surface area contributed by atoms with E-state index in [-0.39, 0.29) is 29.6 Å². The molecule has 1 unspecified atom stereocenters. The van der Waals surface area contributed by atoms with Gasteiger partial charge in [-0.25, -0.2) is 0 Å². The van der Waals surface area contributed by atoms with E-state index < -0.39 is 5.41 Å². The van der Waals surface area contributed by atoms with Crippen molar-refractivity contribution in [2.24, 2.45) is 5.41 Å². The summed E-state index contributed by atoms with van der Waals surface area (Å²) in [5.74, 6) is -1.02. The highest BCUT2D eigenvalue weighted by atomic mass is 16.2. The lowest BCUT2D eigenvalue weighted by Gasteiger charge is -2.24. The number of rotatable bonds is 2. The van der Waals surface area contributed by atoms with Crippen LogP contribution >= 0.6 is 0 Å². The summed E-state index contributed by atoms with van der Waals surface area (Å²) in [6.45, 7) is 8.46. The molecule has 0 bridgehead atoms. The maximum absolute atomic E-state index is 13.0. The predicted molar refractivity (Wildman–Crippen MR) is 86.9 cm³/mol. The summed E-state index contributed by atoms with van der Waals surface area (Å²) < 4.78 is 0. The van der Waals surface area contributed by atoms with Gasteiger partial charge in [-0.3, -0.25) is 19.3 Å². The van der Waals surface area contributed by atoms with Gasteiger partial charge in [-0.1, -0.05) is 38.5 Å². The van der Waals surface area contributed by atoms with Crippen molar-refractivity contribution in [3.63, 3.8) is 0 Å². The first-order chi connectivity index (χ1) is 10.6. The summed E-state index contributed by atoms with van der Waals surface area (Å²) >= 11 is 0. The van der Waals surface area contributed by atoms with Crippen LogP contribution in [-0.2, 0) is 19.8 Å². The molecule has 0 saturated carbocycles. The molecule has 5 nitrogen and oxygen atoms in total. The minimum absolute atomic E-state index is 0.0166. The summed E-state index contributed by atoms with van der Waals surface area (Å²) in [5, 5.41) is 2.76. The Hall–Kier alpha value is -2.17. The molecule has 0 aromatic heterocycles. The molecular weight excluding hydrogens is 292 g/mol. The molecule has 1 saturated heterocycles. The number of carbonyl (C=O) groups is 3. The van der Waals surface area contributed by atoms with Gasteiger partial charge in [0.1, 0.15) is 0 Å². The first kappa shape index (κ1) is 15.7. The summed E-state index contributed by atoms with van der Waals surface area (Å²) in [6.07, 6.45) is 0.640. The molecule has 1 atom stereocenters. The molecule has 5 heteroatoms. The maximum Gasteiger partial charge on any atom is 0.250 e. The smallest absolute Gasteiger partial charge is 0.250 e. The predicted octanol–water partition coefficient (Wildman–Crippen LogP) is 2.38. The number of hydrogen-bond acceptors (Lipinski definition) is 3. The molecule has 0 aliphatic carbocycles. The Morgan fingerprint density at radius 3 is 2.57 bits per heavy atom. The van der Waals surface area contributed by atoms with Crippen LogP contribution in [0, 0.1) is 12.3 Å². The molecule has 23 heavy (non-hydrogen) atoms. The van der Waals surface area contributed by atoms with Crippen molar-refractivity contribution in [2.75, 3.05) is 11.9 Å². The van der Waals surface area contributed by atoms with E-state index >= 15 is 0 Å². The van der Waals surface area contributed by atoms with E-state index in [0.29, 0.717) is 24.2 Å². The Bertz CT molecular complexity index is 717. The second-order valence-electron chi connectivity index (χ2n) is 7.75. The Labute approximate surface area is 136 Å². The van der Waals surface area contributed by atoms with Gasteiger partial charge in [0.2, 0.25) is 17.7 Å². The third-order valence-corrected chi connectivity index (χ3v) is 4.68. The van der Waals surface area contributed by atoms with E-state index in [4.69, 9.17) is 0 Å². The quantitative estimate of drug-likeness (QED) is 0.673. The molecule has 2 heterocycles. The fraction of sp³-hybridized carbons (Fsp3) is 0.500. The zero-order valence-corrected chi connectivity index (χ0v) is 14.0. The van der Waals surface area contributed by atoms with Crippen molar-refractivity contribution >= 4 is 23.4 Å². The zero-order valence-electron chi connectivity index (χ0n) is 14.0. The lowest BCUT2D eigenvalue weighted by molar-refractivity contribution is -0.141. The highest BCUT2D eigenvalue weighted by molar-refractivity contribution is 6.27. The van der Waals surface area contributed by atoms with Gasteiger partial charge in [-0.2, -0.15) is 0 Å². The lowest BCUT2D eigenvalue weighted by Crippen LogP contribution is -2.44. The molecule has 1 aromatic carbocycles. The number of aryl methyl sites for hydroxylation is 1. The zero-order chi connectivity index (χ0) is 17.0. The number of hydrogen-bond donors (Lipinski definition) is 1. The molecule has 1 aromatic rings. The number of carbonyl (C=O) groups excluding carboxylic acids is 3. The fourth-order valence-electron chi connectivity index (χ4n) is 3.27. The number of imide groups is 1. The third-order valence-electron chi connectivity index (χ3n) is 4.68. The van der Waals surface area contributed by atoms with E-state index in [0.717, 1.165) is 5.56 Å². The molecule has 0 radical (unpaired) electrons. The van der Waals surface area contributed by atoms with Crippen molar-refractivity contribution < 1.29 is 14.4 Å². The third kappa shape index (κ3) is 2.35. The van der Waals surface area contributed by atoms with E-state index in [9.17, 15) is 14.4 Å². The van der Waals surface area contributed by atoms with Crippen LogP contribution in [-0.4, -0.2) is 29.2 Å². The second kappa shape index (κ2) is 4.91. The maximum atomic E-state index is 13.0. The number of benzene rings is 1. The fourth-order valence-corrected chi connectivity index (χ4v) is 3.27. The monoisotopic (exact) mass is 314 g/mol. The highest BCUT2D eigenvalue weighted by Gasteiger charge is 2.61. The van der Waals surface area contributed by atoms with Gasteiger partial charge in [-0.15, -0.1) is 0 Å². The van der Waals surface area contributed by atoms with Gasteiger partial charge >= 0.3 is 0 Å². The average molecular weight is 314 g/mol. The van der Waals surface area contributed by atoms with E-state index in [2.05, 4.69) is 26.1 Å². The average Bonchev–Trinajstić information content (AvgIpc) is 2.85. The molecule has 1 spiro atoms. The number of fused-ring (bicyclic) bond motifs is 2. The Morgan fingerprint density at radius 2 is 1.91 bits per heavy atom. The molecule has 3 rings (SSSR count). The van der Waals surface area contributed by atoms with Crippen molar-refractivity contribution in [2.45, 2.75) is 46.0 Å². The van der Waals surface area contributed by atoms with Gasteiger partial charge < -0.3 is 5.32 Å². The number of nitrogens with one attached hydrogen (secondary N) is 1. The molecule has 1 fully saturated rings. The van der Waals surface area contributed by atoms with E-state index in [1.54, 1.807) is 6.07 Å². The van der Waals surface area contributed by atoms with Gasteiger partial charge in [-0.05, 0) is 24.8 Å². The number of nitrogens with zero attached hydrogens (tertiary/aromatic N) is 1. The van der Waals surface area contributed by atoms with Crippen LogP contribution in [0.4, 0.5) is 5.69 Å². The van der Waals surface area contributed by atoms with Crippen molar-refractivity contribution in [1.82, 2.24) is 4.90 Å². The molecule has 3 amide bonds. The number of anilines is 1. The van der Waals surface area contributed by atoms with Gasteiger partial charge in [0, 0.05) is 17.8 Å². The first-order valence-electron chi connectivity index (χ1n) is 7.92. The Morgan fingerprint density at radius 1 is 1.22 bits per heavy atom. The summed E-state index contributed by atoms with van der Waals surface area (Å²) in [5.41, 5.74) is 0.894. The summed E-state index contributed by atoms with van der Waals surface area (Å²) in [7, 11) is 0. The van der Waals surface area contributed by atoms with Crippen LogP contribution in [0.3, 0.4) is 0 Å². The van der Waals surface area contributed by atoms with Crippen molar-refractivity contribution in [3.05, 3.63) is 29.3 Å². The minimum atomic E-state index is -1.36. The molecular formula is C18H22N2O3. The van der Waals surface area contributed by atoms with Gasteiger partial charge in [0.05, 0.1) is 6.42 Å². The van der Waals surface area contributed by atoms with Crippen molar-refractivity contribution in [3.8, 4) is 0 Å². The topological polar surface area (TPSA) is 66.5 Å². The van der Waals surface area contributed by atoms with Crippen LogP contribution < -0.4 is 5.32 Å². The largest absolute Gasteiger partial charge is 0.325 e. The molecule has 2 aliphatic rings. The second-order valence-corrected chi connectivity index (χ2v) is 7.75. The Balaban J connectivity index is 1.99. The van der Waals surface area contributed by atoms with E-state index in [1.807, 2.05) is 19.1 Å².